The highest BCUT2D eigenvalue weighted by Crippen LogP contribution is 2.30. The largest absolute Gasteiger partial charge is 0.484 e. The van der Waals surface area contributed by atoms with Gasteiger partial charge < -0.3 is 25.2 Å². The zero-order valence-electron chi connectivity index (χ0n) is 11.9. The van der Waals surface area contributed by atoms with Gasteiger partial charge in [0.15, 0.2) is 0 Å². The van der Waals surface area contributed by atoms with E-state index in [1.54, 1.807) is 12.1 Å². The van der Waals surface area contributed by atoms with Crippen LogP contribution in [0.25, 0.3) is 0 Å². The summed E-state index contributed by atoms with van der Waals surface area (Å²) in [4.78, 5) is 2.24. The third-order valence-corrected chi connectivity index (χ3v) is 4.32. The first kappa shape index (κ1) is 15.1. The molecule has 0 aromatic heterocycles. The lowest BCUT2D eigenvalue weighted by molar-refractivity contribution is -0.0796. The summed E-state index contributed by atoms with van der Waals surface area (Å²) in [5, 5.41) is 10.8. The second-order valence-corrected chi connectivity index (χ2v) is 6.14. The number of rotatable bonds is 6. The van der Waals surface area contributed by atoms with Crippen LogP contribution in [0.5, 0.6) is 5.75 Å². The van der Waals surface area contributed by atoms with Gasteiger partial charge in [0.05, 0.1) is 24.3 Å². The van der Waals surface area contributed by atoms with Gasteiger partial charge in [-0.2, -0.15) is 0 Å². The molecule has 2 heterocycles. The minimum Gasteiger partial charge on any atom is -0.484 e. The number of ether oxygens (including phenoxy) is 2. The Kier molecular flexibility index (Phi) is 4.66. The van der Waals surface area contributed by atoms with Crippen LogP contribution in [0.15, 0.2) is 18.2 Å². The number of hydrogen-bond acceptors (Lipinski definition) is 5. The molecule has 0 aliphatic carbocycles. The van der Waals surface area contributed by atoms with E-state index in [-0.39, 0.29) is 12.1 Å². The maximum atomic E-state index is 10.3. The number of hydrogen-bond donors (Lipinski definition) is 2. The molecule has 2 aliphatic rings. The lowest BCUT2D eigenvalue weighted by atomic mass is 10.0. The monoisotopic (exact) mass is 312 g/mol. The summed E-state index contributed by atoms with van der Waals surface area (Å²) < 4.78 is 10.8. The van der Waals surface area contributed by atoms with Crippen LogP contribution in [-0.4, -0.2) is 55.0 Å². The summed E-state index contributed by atoms with van der Waals surface area (Å²) in [5.41, 5.74) is 6.80. The number of benzene rings is 1. The lowest BCUT2D eigenvalue weighted by Gasteiger charge is -2.34. The normalized spacial score (nSPS) is 22.2. The van der Waals surface area contributed by atoms with Crippen LogP contribution in [0.1, 0.15) is 18.1 Å². The van der Waals surface area contributed by atoms with E-state index in [9.17, 15) is 5.11 Å². The van der Waals surface area contributed by atoms with Gasteiger partial charge in [0, 0.05) is 12.6 Å². The second kappa shape index (κ2) is 6.50. The van der Waals surface area contributed by atoms with Gasteiger partial charge in [0.25, 0.3) is 0 Å². The van der Waals surface area contributed by atoms with E-state index in [2.05, 4.69) is 4.90 Å². The molecule has 0 spiro atoms. The van der Waals surface area contributed by atoms with Gasteiger partial charge in [-0.05, 0) is 37.2 Å². The Hall–Kier alpha value is -0.850. The lowest BCUT2D eigenvalue weighted by Crippen LogP contribution is -2.47. The van der Waals surface area contributed by atoms with Crippen molar-refractivity contribution in [3.05, 3.63) is 28.8 Å². The number of nitrogens with zero attached hydrogens (tertiary/aromatic N) is 1. The Morgan fingerprint density at radius 2 is 2.19 bits per heavy atom. The second-order valence-electron chi connectivity index (χ2n) is 5.73. The van der Waals surface area contributed by atoms with Crippen LogP contribution in [0.3, 0.4) is 0 Å². The fourth-order valence-electron chi connectivity index (χ4n) is 2.47. The van der Waals surface area contributed by atoms with Crippen LogP contribution in [0.2, 0.25) is 5.02 Å². The number of nitrogens with two attached hydrogens (primary N) is 1. The summed E-state index contributed by atoms with van der Waals surface area (Å²) in [6, 6.07) is 5.03. The van der Waals surface area contributed by atoms with E-state index in [4.69, 9.17) is 26.8 Å². The first-order valence-corrected chi connectivity index (χ1v) is 7.71. The SMILES string of the molecule is NC(CN1CCC1)C(O)c1ccc(OC2COC2)c(Cl)c1. The summed E-state index contributed by atoms with van der Waals surface area (Å²) in [6.07, 6.45) is 0.571. The zero-order valence-corrected chi connectivity index (χ0v) is 12.6. The molecule has 0 amide bonds. The molecule has 2 aliphatic heterocycles. The van der Waals surface area contributed by atoms with Gasteiger partial charge in [-0.1, -0.05) is 17.7 Å². The van der Waals surface area contributed by atoms with E-state index >= 15 is 0 Å². The van der Waals surface area contributed by atoms with E-state index in [1.807, 2.05) is 6.07 Å². The van der Waals surface area contributed by atoms with E-state index in [0.29, 0.717) is 30.5 Å². The molecule has 2 saturated heterocycles. The Morgan fingerprint density at radius 3 is 2.71 bits per heavy atom. The molecule has 2 unspecified atom stereocenters. The van der Waals surface area contributed by atoms with Crippen molar-refractivity contribution in [3.8, 4) is 5.75 Å². The van der Waals surface area contributed by atoms with Crippen molar-refractivity contribution in [2.24, 2.45) is 5.73 Å². The van der Waals surface area contributed by atoms with Gasteiger partial charge in [0.2, 0.25) is 0 Å². The van der Waals surface area contributed by atoms with Gasteiger partial charge in [-0.25, -0.2) is 0 Å². The Labute approximate surface area is 129 Å². The smallest absolute Gasteiger partial charge is 0.145 e. The Balaban J connectivity index is 1.62. The zero-order chi connectivity index (χ0) is 14.8. The Morgan fingerprint density at radius 1 is 1.43 bits per heavy atom. The van der Waals surface area contributed by atoms with Crippen LogP contribution < -0.4 is 10.5 Å². The van der Waals surface area contributed by atoms with Crippen molar-refractivity contribution in [2.45, 2.75) is 24.7 Å². The van der Waals surface area contributed by atoms with Crippen molar-refractivity contribution in [1.82, 2.24) is 4.90 Å². The molecule has 6 heteroatoms. The maximum absolute atomic E-state index is 10.3. The molecular weight excluding hydrogens is 292 g/mol. The van der Waals surface area contributed by atoms with Crippen LogP contribution in [0, 0.1) is 0 Å². The molecule has 0 radical (unpaired) electrons. The van der Waals surface area contributed by atoms with Crippen molar-refractivity contribution in [1.29, 1.82) is 0 Å². The number of aliphatic hydroxyl groups excluding tert-OH is 1. The molecule has 21 heavy (non-hydrogen) atoms. The molecule has 2 fully saturated rings. The summed E-state index contributed by atoms with van der Waals surface area (Å²) in [5.74, 6) is 0.622. The quantitative estimate of drug-likeness (QED) is 0.826. The molecule has 116 valence electrons. The molecule has 0 saturated carbocycles. The van der Waals surface area contributed by atoms with Crippen molar-refractivity contribution in [2.75, 3.05) is 32.8 Å². The molecule has 3 rings (SSSR count). The molecule has 1 aromatic carbocycles. The predicted octanol–water partition coefficient (Wildman–Crippen LogP) is 1.18. The highest BCUT2D eigenvalue weighted by molar-refractivity contribution is 6.32. The molecule has 5 nitrogen and oxygen atoms in total. The minimum atomic E-state index is -0.718. The minimum absolute atomic E-state index is 0.0759. The van der Waals surface area contributed by atoms with E-state index in [1.165, 1.54) is 6.42 Å². The topological polar surface area (TPSA) is 68.0 Å². The highest BCUT2D eigenvalue weighted by atomic mass is 35.5. The number of halogens is 1. The first-order valence-electron chi connectivity index (χ1n) is 7.33. The van der Waals surface area contributed by atoms with E-state index < -0.39 is 6.10 Å². The first-order chi connectivity index (χ1) is 10.1. The molecule has 2 atom stereocenters. The highest BCUT2D eigenvalue weighted by Gasteiger charge is 2.25. The van der Waals surface area contributed by atoms with Crippen LogP contribution in [-0.2, 0) is 4.74 Å². The average Bonchev–Trinajstić information content (AvgIpc) is 2.38. The number of aliphatic hydroxyl groups is 1. The van der Waals surface area contributed by atoms with Gasteiger partial charge >= 0.3 is 0 Å². The molecule has 0 bridgehead atoms. The van der Waals surface area contributed by atoms with Gasteiger partial charge in [0.1, 0.15) is 11.9 Å². The maximum Gasteiger partial charge on any atom is 0.145 e. The molecular formula is C15H21ClN2O3. The summed E-state index contributed by atoms with van der Waals surface area (Å²) in [6.45, 7) is 4.04. The third-order valence-electron chi connectivity index (χ3n) is 4.02. The fraction of sp³-hybridized carbons (Fsp3) is 0.600. The Bertz CT molecular complexity index is 492. The fourth-order valence-corrected chi connectivity index (χ4v) is 2.70. The predicted molar refractivity (Wildman–Crippen MR) is 80.7 cm³/mol. The van der Waals surface area contributed by atoms with Crippen molar-refractivity contribution in [3.63, 3.8) is 0 Å². The van der Waals surface area contributed by atoms with Gasteiger partial charge in [-0.15, -0.1) is 0 Å². The van der Waals surface area contributed by atoms with Crippen molar-refractivity contribution < 1.29 is 14.6 Å². The number of likely N-dealkylation sites (tertiary alicyclic amines) is 1. The van der Waals surface area contributed by atoms with Crippen LogP contribution in [0.4, 0.5) is 0 Å². The molecule has 1 aromatic rings. The average molecular weight is 313 g/mol. The summed E-state index contributed by atoms with van der Waals surface area (Å²) >= 11 is 6.22. The standard InChI is InChI=1S/C15H21ClN2O3/c16-12-6-10(2-3-14(12)21-11-8-20-9-11)15(19)13(17)7-18-4-1-5-18/h2-3,6,11,13,15,19H,1,4-5,7-9,17H2. The van der Waals surface area contributed by atoms with Gasteiger partial charge in [-0.3, -0.25) is 0 Å². The third kappa shape index (κ3) is 3.49. The van der Waals surface area contributed by atoms with E-state index in [0.717, 1.165) is 18.7 Å². The van der Waals surface area contributed by atoms with Crippen LogP contribution >= 0.6 is 11.6 Å². The summed E-state index contributed by atoms with van der Waals surface area (Å²) in [7, 11) is 0. The molecule has 3 N–H and O–H groups in total. The van der Waals surface area contributed by atoms with Crippen molar-refractivity contribution >= 4 is 11.6 Å².